The van der Waals surface area contributed by atoms with Crippen LogP contribution in [0.25, 0.3) is 0 Å². The fourth-order valence-electron chi connectivity index (χ4n) is 2.36. The molecule has 0 spiro atoms. The Bertz CT molecular complexity index is 491. The zero-order valence-corrected chi connectivity index (χ0v) is 17.2. The molecule has 0 saturated heterocycles. The Morgan fingerprint density at radius 3 is 2.26 bits per heavy atom. The minimum Gasteiger partial charge on any atom is -0.746 e. The summed E-state index contributed by atoms with van der Waals surface area (Å²) in [6.45, 7) is 2.41. The van der Waals surface area contributed by atoms with E-state index in [9.17, 15) is 13.0 Å². The molecule has 0 aliphatic carbocycles. The minimum atomic E-state index is -4.39. The molecule has 0 saturated carbocycles. The second kappa shape index (κ2) is 13.4. The van der Waals surface area contributed by atoms with Crippen LogP contribution in [-0.4, -0.2) is 25.0 Å². The minimum absolute atomic E-state index is 0. The summed E-state index contributed by atoms with van der Waals surface area (Å²) in [7, 11) is -4.39. The van der Waals surface area contributed by atoms with Crippen LogP contribution >= 0.6 is 0 Å². The summed E-state index contributed by atoms with van der Waals surface area (Å²) < 4.78 is 39.1. The standard InChI is InChI=1S/C17H28O4S.Na/c1-2-3-4-5-6-10-13-17(22(18,19)20)21-15-14-16-11-8-7-9-12-16;/h7-9,11-12,17H,2-6,10,13-15H2,1H3,(H,18,19,20);/q;+1/p-1. The van der Waals surface area contributed by atoms with E-state index in [1.165, 1.54) is 19.3 Å². The number of hydrogen-bond donors (Lipinski definition) is 0. The molecule has 0 radical (unpaired) electrons. The van der Waals surface area contributed by atoms with Crippen LogP contribution in [0.2, 0.25) is 0 Å². The maximum atomic E-state index is 11.3. The van der Waals surface area contributed by atoms with Gasteiger partial charge >= 0.3 is 29.6 Å². The average Bonchev–Trinajstić information content (AvgIpc) is 2.49. The van der Waals surface area contributed by atoms with Gasteiger partial charge in [-0.1, -0.05) is 69.4 Å². The van der Waals surface area contributed by atoms with Crippen LogP contribution in [0, 0.1) is 0 Å². The van der Waals surface area contributed by atoms with Gasteiger partial charge in [-0.2, -0.15) is 0 Å². The van der Waals surface area contributed by atoms with Crippen LogP contribution < -0.4 is 29.6 Å². The molecule has 1 unspecified atom stereocenters. The maximum Gasteiger partial charge on any atom is 1.00 e. The van der Waals surface area contributed by atoms with Crippen molar-refractivity contribution in [2.24, 2.45) is 0 Å². The smallest absolute Gasteiger partial charge is 0.746 e. The third kappa shape index (κ3) is 11.3. The van der Waals surface area contributed by atoms with Crippen molar-refractivity contribution >= 4 is 10.1 Å². The molecule has 4 nitrogen and oxygen atoms in total. The quantitative estimate of drug-likeness (QED) is 0.319. The summed E-state index contributed by atoms with van der Waals surface area (Å²) in [5.74, 6) is 0. The van der Waals surface area contributed by atoms with E-state index < -0.39 is 15.6 Å². The van der Waals surface area contributed by atoms with E-state index in [-0.39, 0.29) is 36.2 Å². The number of ether oxygens (including phenoxy) is 1. The third-order valence-corrected chi connectivity index (χ3v) is 4.67. The molecule has 23 heavy (non-hydrogen) atoms. The third-order valence-electron chi connectivity index (χ3n) is 3.65. The van der Waals surface area contributed by atoms with Gasteiger partial charge in [0.05, 0.1) is 6.61 Å². The van der Waals surface area contributed by atoms with Crippen molar-refractivity contribution in [3.05, 3.63) is 35.9 Å². The van der Waals surface area contributed by atoms with Gasteiger partial charge in [0.2, 0.25) is 0 Å². The first kappa shape index (κ1) is 23.1. The summed E-state index contributed by atoms with van der Waals surface area (Å²) >= 11 is 0. The number of rotatable bonds is 12. The van der Waals surface area contributed by atoms with E-state index in [2.05, 4.69) is 6.92 Å². The predicted octanol–water partition coefficient (Wildman–Crippen LogP) is 0.872. The zero-order chi connectivity index (χ0) is 16.3. The van der Waals surface area contributed by atoms with E-state index in [4.69, 9.17) is 4.74 Å². The fourth-order valence-corrected chi connectivity index (χ4v) is 3.07. The van der Waals surface area contributed by atoms with Crippen molar-refractivity contribution in [2.45, 2.75) is 63.7 Å². The van der Waals surface area contributed by atoms with Crippen LogP contribution in [0.5, 0.6) is 0 Å². The molecule has 0 bridgehead atoms. The molecule has 126 valence electrons. The normalized spacial score (nSPS) is 12.6. The molecule has 1 rings (SSSR count). The van der Waals surface area contributed by atoms with Crippen molar-refractivity contribution < 1.29 is 47.3 Å². The topological polar surface area (TPSA) is 66.4 Å². The molecule has 1 atom stereocenters. The van der Waals surface area contributed by atoms with Crippen molar-refractivity contribution in [1.82, 2.24) is 0 Å². The Balaban J connectivity index is 0.00000484. The summed E-state index contributed by atoms with van der Waals surface area (Å²) in [6.07, 6.45) is 7.23. The van der Waals surface area contributed by atoms with Crippen LogP contribution in [0.4, 0.5) is 0 Å². The second-order valence-corrected chi connectivity index (χ2v) is 7.10. The summed E-state index contributed by atoms with van der Waals surface area (Å²) in [5.41, 5.74) is -0.133. The van der Waals surface area contributed by atoms with E-state index >= 15 is 0 Å². The van der Waals surface area contributed by atoms with Gasteiger partial charge in [0.15, 0.2) is 0 Å². The van der Waals surface area contributed by atoms with E-state index in [0.29, 0.717) is 12.8 Å². The van der Waals surface area contributed by atoms with Crippen molar-refractivity contribution in [2.75, 3.05) is 6.61 Å². The number of benzene rings is 1. The van der Waals surface area contributed by atoms with Gasteiger partial charge in [-0.15, -0.1) is 0 Å². The predicted molar refractivity (Wildman–Crippen MR) is 87.6 cm³/mol. The van der Waals surface area contributed by atoms with Gasteiger partial charge in [0.25, 0.3) is 0 Å². The zero-order valence-electron chi connectivity index (χ0n) is 14.4. The molecular weight excluding hydrogens is 323 g/mol. The molecule has 0 aromatic heterocycles. The largest absolute Gasteiger partial charge is 1.00 e. The van der Waals surface area contributed by atoms with Gasteiger partial charge in [0, 0.05) is 0 Å². The summed E-state index contributed by atoms with van der Waals surface area (Å²) in [4.78, 5) is 0. The van der Waals surface area contributed by atoms with Crippen LogP contribution in [-0.2, 0) is 21.3 Å². The molecule has 1 aromatic carbocycles. The van der Waals surface area contributed by atoms with Crippen LogP contribution in [0.3, 0.4) is 0 Å². The monoisotopic (exact) mass is 350 g/mol. The first-order chi connectivity index (χ1) is 10.5. The first-order valence-electron chi connectivity index (χ1n) is 8.14. The van der Waals surface area contributed by atoms with E-state index in [1.54, 1.807) is 0 Å². The van der Waals surface area contributed by atoms with Gasteiger partial charge in [-0.3, -0.25) is 0 Å². The van der Waals surface area contributed by atoms with Crippen LogP contribution in [0.1, 0.15) is 57.4 Å². The SMILES string of the molecule is CCCCCCCCC(OCCc1ccccc1)S(=O)(=O)[O-].[Na+]. The number of unbranched alkanes of at least 4 members (excludes halogenated alkanes) is 5. The van der Waals surface area contributed by atoms with Gasteiger partial charge in [-0.25, -0.2) is 8.42 Å². The molecule has 1 aromatic rings. The maximum absolute atomic E-state index is 11.3. The average molecular weight is 350 g/mol. The molecule has 0 aliphatic rings. The Kier molecular flexibility index (Phi) is 13.4. The Morgan fingerprint density at radius 1 is 1.04 bits per heavy atom. The summed E-state index contributed by atoms with van der Waals surface area (Å²) in [5, 5.41) is 0. The Morgan fingerprint density at radius 2 is 1.65 bits per heavy atom. The Hall–Kier alpha value is 0.0900. The Labute approximate surface area is 163 Å². The van der Waals surface area contributed by atoms with Crippen molar-refractivity contribution in [3.8, 4) is 0 Å². The first-order valence-corrected chi connectivity index (χ1v) is 9.61. The molecule has 6 heteroatoms. The molecule has 0 N–H and O–H groups in total. The second-order valence-electron chi connectivity index (χ2n) is 5.59. The summed E-state index contributed by atoms with van der Waals surface area (Å²) in [6, 6.07) is 9.68. The van der Waals surface area contributed by atoms with Crippen molar-refractivity contribution in [3.63, 3.8) is 0 Å². The number of hydrogen-bond acceptors (Lipinski definition) is 4. The molecule has 0 aliphatic heterocycles. The fraction of sp³-hybridized carbons (Fsp3) is 0.647. The van der Waals surface area contributed by atoms with Gasteiger partial charge in [-0.05, 0) is 24.8 Å². The van der Waals surface area contributed by atoms with Crippen molar-refractivity contribution in [1.29, 1.82) is 0 Å². The van der Waals surface area contributed by atoms with Gasteiger partial charge < -0.3 is 9.29 Å². The van der Waals surface area contributed by atoms with Gasteiger partial charge in [0.1, 0.15) is 15.6 Å². The van der Waals surface area contributed by atoms with Crippen LogP contribution in [0.15, 0.2) is 30.3 Å². The van der Waals surface area contributed by atoms with E-state index in [0.717, 1.165) is 24.8 Å². The molecule has 0 amide bonds. The molecule has 0 fully saturated rings. The molecular formula is C17H27NaO4S. The van der Waals surface area contributed by atoms with E-state index in [1.807, 2.05) is 30.3 Å². The molecule has 0 heterocycles.